The second-order valence-electron chi connectivity index (χ2n) is 10.7. The molecule has 10 nitrogen and oxygen atoms in total. The summed E-state index contributed by atoms with van der Waals surface area (Å²) < 4.78 is 29.7. The number of aromatic nitrogens is 3. The van der Waals surface area contributed by atoms with Crippen LogP contribution in [0.1, 0.15) is 38.3 Å². The number of piperidine rings is 1. The summed E-state index contributed by atoms with van der Waals surface area (Å²) in [5.74, 6) is 1.35. The minimum Gasteiger partial charge on any atom is -0.390 e. The van der Waals surface area contributed by atoms with E-state index in [9.17, 15) is 13.5 Å². The third-order valence-electron chi connectivity index (χ3n) is 8.05. The molecule has 0 aliphatic carbocycles. The number of anilines is 2. The molecule has 3 fully saturated rings. The van der Waals surface area contributed by atoms with Crippen LogP contribution in [-0.2, 0) is 21.2 Å². The molecule has 3 N–H and O–H groups in total. The summed E-state index contributed by atoms with van der Waals surface area (Å²) >= 11 is 8.13. The molecule has 2 aromatic rings. The van der Waals surface area contributed by atoms with Crippen molar-refractivity contribution in [2.24, 2.45) is 11.1 Å². The van der Waals surface area contributed by atoms with E-state index in [1.54, 1.807) is 12.4 Å². The van der Waals surface area contributed by atoms with Gasteiger partial charge in [-0.1, -0.05) is 23.4 Å². The molecular formula is C25H35ClN6O4S2. The third-order valence-corrected chi connectivity index (χ3v) is 10.5. The van der Waals surface area contributed by atoms with Gasteiger partial charge in [-0.3, -0.25) is 0 Å². The smallest absolute Gasteiger partial charge is 0.152 e. The zero-order chi connectivity index (χ0) is 27.1. The number of ether oxygens (including phenoxy) is 1. The van der Waals surface area contributed by atoms with Crippen molar-refractivity contribution >= 4 is 44.8 Å². The topological polar surface area (TPSA) is 135 Å². The van der Waals surface area contributed by atoms with E-state index in [1.165, 1.54) is 18.0 Å². The first-order valence-electron chi connectivity index (χ1n) is 13.0. The summed E-state index contributed by atoms with van der Waals surface area (Å²) in [5, 5.41) is 11.2. The first-order valence-corrected chi connectivity index (χ1v) is 16.2. The van der Waals surface area contributed by atoms with Crippen molar-refractivity contribution in [2.75, 3.05) is 48.0 Å². The van der Waals surface area contributed by atoms with Gasteiger partial charge < -0.3 is 25.4 Å². The Bertz CT molecular complexity index is 1270. The van der Waals surface area contributed by atoms with E-state index in [0.29, 0.717) is 40.5 Å². The Morgan fingerprint density at radius 2 is 2.03 bits per heavy atom. The van der Waals surface area contributed by atoms with Crippen molar-refractivity contribution in [3.8, 4) is 0 Å². The van der Waals surface area contributed by atoms with Gasteiger partial charge in [-0.2, -0.15) is 0 Å². The lowest BCUT2D eigenvalue weighted by atomic mass is 9.73. The van der Waals surface area contributed by atoms with Crippen LogP contribution in [0.3, 0.4) is 0 Å². The highest BCUT2D eigenvalue weighted by atomic mass is 35.5. The van der Waals surface area contributed by atoms with Gasteiger partial charge in [0.1, 0.15) is 26.4 Å². The maximum absolute atomic E-state index is 11.9. The SMILES string of the molecule is C[C@@H]1OCC2(CCN(c3ncc(Sc4ccnc(N5CCCC5CS(C)(=O)=O)c4Cl)nc3CO)CC2)[C@@H]1N. The standard InChI is InChI=1S/C25H35ClN6O4S2/c1-16-22(27)25(15-36-16)6-10-31(11-7-25)23-18(13-33)30-20(12-29-23)37-19-5-8-28-24(21(19)26)32-9-3-4-17(32)14-38(2,34)35/h5,8,12,16-17,22,33H,3-4,6-7,9-11,13-15,27H2,1-2H3/t16-,17?,22+/m0/s1. The fourth-order valence-electron chi connectivity index (χ4n) is 5.90. The first kappa shape index (κ1) is 27.9. The maximum atomic E-state index is 11.9. The summed E-state index contributed by atoms with van der Waals surface area (Å²) in [6.45, 7) is 4.77. The Kier molecular flexibility index (Phi) is 8.10. The summed E-state index contributed by atoms with van der Waals surface area (Å²) in [7, 11) is -3.13. The van der Waals surface area contributed by atoms with E-state index in [4.69, 9.17) is 27.1 Å². The van der Waals surface area contributed by atoms with Crippen molar-refractivity contribution in [1.29, 1.82) is 0 Å². The van der Waals surface area contributed by atoms with Gasteiger partial charge in [-0.05, 0) is 38.7 Å². The van der Waals surface area contributed by atoms with Crippen LogP contribution in [0, 0.1) is 5.41 Å². The molecule has 5 rings (SSSR count). The minimum atomic E-state index is -3.13. The molecule has 0 saturated carbocycles. The Morgan fingerprint density at radius 3 is 2.68 bits per heavy atom. The average Bonchev–Trinajstić information content (AvgIpc) is 3.44. The Balaban J connectivity index is 1.31. The highest BCUT2D eigenvalue weighted by molar-refractivity contribution is 7.99. The van der Waals surface area contributed by atoms with E-state index in [-0.39, 0.29) is 36.0 Å². The fourth-order valence-corrected chi connectivity index (χ4v) is 8.08. The number of aliphatic hydroxyl groups excluding tert-OH is 1. The molecule has 2 aromatic heterocycles. The number of hydrogen-bond acceptors (Lipinski definition) is 11. The lowest BCUT2D eigenvalue weighted by Crippen LogP contribution is -2.51. The molecule has 0 bridgehead atoms. The molecule has 3 aliphatic heterocycles. The number of nitrogens with zero attached hydrogens (tertiary/aromatic N) is 5. The molecule has 38 heavy (non-hydrogen) atoms. The number of sulfone groups is 1. The molecule has 5 heterocycles. The molecule has 0 amide bonds. The van der Waals surface area contributed by atoms with E-state index in [0.717, 1.165) is 43.7 Å². The van der Waals surface area contributed by atoms with E-state index >= 15 is 0 Å². The van der Waals surface area contributed by atoms with Gasteiger partial charge in [0.15, 0.2) is 5.82 Å². The van der Waals surface area contributed by atoms with Gasteiger partial charge in [-0.25, -0.2) is 23.4 Å². The molecule has 3 atom stereocenters. The van der Waals surface area contributed by atoms with Crippen molar-refractivity contribution in [1.82, 2.24) is 15.0 Å². The Morgan fingerprint density at radius 1 is 1.26 bits per heavy atom. The number of rotatable bonds is 7. The fraction of sp³-hybridized carbons (Fsp3) is 0.640. The van der Waals surface area contributed by atoms with Crippen LogP contribution in [0.25, 0.3) is 0 Å². The quantitative estimate of drug-likeness (QED) is 0.498. The molecule has 1 unspecified atom stereocenters. The predicted octanol–water partition coefficient (Wildman–Crippen LogP) is 2.51. The number of pyridine rings is 1. The molecular weight excluding hydrogens is 548 g/mol. The van der Waals surface area contributed by atoms with Crippen LogP contribution in [-0.4, -0.2) is 84.9 Å². The zero-order valence-corrected chi connectivity index (χ0v) is 24.1. The lowest BCUT2D eigenvalue weighted by Gasteiger charge is -2.41. The highest BCUT2D eigenvalue weighted by Crippen LogP contribution is 2.43. The van der Waals surface area contributed by atoms with E-state index in [2.05, 4.69) is 14.9 Å². The second kappa shape index (κ2) is 11.1. The Labute approximate surface area is 233 Å². The van der Waals surface area contributed by atoms with E-state index < -0.39 is 9.84 Å². The van der Waals surface area contributed by atoms with Crippen LogP contribution in [0.4, 0.5) is 11.6 Å². The highest BCUT2D eigenvalue weighted by Gasteiger charge is 2.47. The molecule has 13 heteroatoms. The minimum absolute atomic E-state index is 0.00395. The summed E-state index contributed by atoms with van der Waals surface area (Å²) in [5.41, 5.74) is 6.98. The van der Waals surface area contributed by atoms with Gasteiger partial charge in [0.2, 0.25) is 0 Å². The monoisotopic (exact) mass is 582 g/mol. The molecule has 208 valence electrons. The summed E-state index contributed by atoms with van der Waals surface area (Å²) in [6, 6.07) is 1.70. The number of hydrogen-bond donors (Lipinski definition) is 2. The van der Waals surface area contributed by atoms with Gasteiger partial charge in [0.05, 0.1) is 36.3 Å². The zero-order valence-electron chi connectivity index (χ0n) is 21.7. The van der Waals surface area contributed by atoms with Crippen molar-refractivity contribution < 1.29 is 18.3 Å². The second-order valence-corrected chi connectivity index (χ2v) is 14.3. The molecule has 0 aromatic carbocycles. The van der Waals surface area contributed by atoms with Crippen LogP contribution in [0.2, 0.25) is 5.02 Å². The average molecular weight is 583 g/mol. The largest absolute Gasteiger partial charge is 0.390 e. The lowest BCUT2D eigenvalue weighted by molar-refractivity contribution is 0.0973. The van der Waals surface area contributed by atoms with Crippen LogP contribution in [0.15, 0.2) is 28.4 Å². The molecule has 1 spiro atoms. The normalized spacial score (nSPS) is 25.4. The van der Waals surface area contributed by atoms with Crippen LogP contribution >= 0.6 is 23.4 Å². The van der Waals surface area contributed by atoms with Gasteiger partial charge in [-0.15, -0.1) is 0 Å². The van der Waals surface area contributed by atoms with Crippen molar-refractivity contribution in [3.63, 3.8) is 0 Å². The van der Waals surface area contributed by atoms with Gasteiger partial charge in [0, 0.05) is 54.5 Å². The van der Waals surface area contributed by atoms with Crippen LogP contribution in [0.5, 0.6) is 0 Å². The summed E-state index contributed by atoms with van der Waals surface area (Å²) in [4.78, 5) is 18.8. The molecule has 3 aliphatic rings. The van der Waals surface area contributed by atoms with Gasteiger partial charge in [0.25, 0.3) is 0 Å². The van der Waals surface area contributed by atoms with Crippen molar-refractivity contribution in [3.05, 3.63) is 29.2 Å². The van der Waals surface area contributed by atoms with Crippen LogP contribution < -0.4 is 15.5 Å². The third kappa shape index (κ3) is 5.62. The van der Waals surface area contributed by atoms with Crippen molar-refractivity contribution in [2.45, 2.75) is 67.3 Å². The number of halogens is 1. The van der Waals surface area contributed by atoms with Gasteiger partial charge >= 0.3 is 0 Å². The van der Waals surface area contributed by atoms with E-state index in [1.807, 2.05) is 17.9 Å². The Hall–Kier alpha value is -1.70. The predicted molar refractivity (Wildman–Crippen MR) is 149 cm³/mol. The molecule has 3 saturated heterocycles. The number of aliphatic hydroxyl groups is 1. The maximum Gasteiger partial charge on any atom is 0.152 e. The first-order chi connectivity index (χ1) is 18.1. The number of nitrogens with two attached hydrogens (primary N) is 1. The summed E-state index contributed by atoms with van der Waals surface area (Å²) in [6.07, 6.45) is 8.20. The molecule has 0 radical (unpaired) electrons.